The van der Waals surface area contributed by atoms with Crippen LogP contribution in [0, 0.1) is 5.92 Å². The average Bonchev–Trinajstić information content (AvgIpc) is 3.27. The zero-order valence-electron chi connectivity index (χ0n) is 17.1. The molecule has 4 nitrogen and oxygen atoms in total. The molecule has 1 aromatic heterocycles. The van der Waals surface area contributed by atoms with Crippen molar-refractivity contribution in [1.29, 1.82) is 0 Å². The van der Waals surface area contributed by atoms with E-state index in [1.54, 1.807) is 0 Å². The summed E-state index contributed by atoms with van der Waals surface area (Å²) in [7, 11) is 0. The van der Waals surface area contributed by atoms with Gasteiger partial charge in [-0.2, -0.15) is 0 Å². The quantitative estimate of drug-likeness (QED) is 0.596. The standard InChI is InChI=1S/C24H29N3O/c1-4-18-9-11-20(12-10-18)27-16-19(15-23(27)28)24-25-21-7-5-6-8-22(21)26(24)14-13-17(2)3/h5-12,17,19H,4,13-16H2,1-3H3/t19-/m0/s1. The van der Waals surface area contributed by atoms with Crippen LogP contribution in [0.3, 0.4) is 0 Å². The third-order valence-electron chi connectivity index (χ3n) is 5.76. The van der Waals surface area contributed by atoms with E-state index in [-0.39, 0.29) is 11.8 Å². The molecule has 28 heavy (non-hydrogen) atoms. The summed E-state index contributed by atoms with van der Waals surface area (Å²) in [5.41, 5.74) is 4.49. The van der Waals surface area contributed by atoms with Crippen LogP contribution >= 0.6 is 0 Å². The molecule has 1 atom stereocenters. The number of hydrogen-bond donors (Lipinski definition) is 0. The van der Waals surface area contributed by atoms with Crippen molar-refractivity contribution in [3.05, 3.63) is 59.9 Å². The minimum absolute atomic E-state index is 0.137. The van der Waals surface area contributed by atoms with Crippen LogP contribution in [0.5, 0.6) is 0 Å². The lowest BCUT2D eigenvalue weighted by Gasteiger charge is -2.18. The molecule has 4 heteroatoms. The second kappa shape index (κ2) is 7.78. The second-order valence-electron chi connectivity index (χ2n) is 8.22. The second-order valence-corrected chi connectivity index (χ2v) is 8.22. The number of anilines is 1. The lowest BCUT2D eigenvalue weighted by atomic mass is 10.1. The van der Waals surface area contributed by atoms with Crippen molar-refractivity contribution in [1.82, 2.24) is 9.55 Å². The molecule has 1 aliphatic heterocycles. The van der Waals surface area contributed by atoms with E-state index in [9.17, 15) is 4.79 Å². The summed E-state index contributed by atoms with van der Waals surface area (Å²) in [6, 6.07) is 16.7. The van der Waals surface area contributed by atoms with Crippen LogP contribution in [0.2, 0.25) is 0 Å². The molecule has 4 rings (SSSR count). The van der Waals surface area contributed by atoms with Crippen LogP contribution < -0.4 is 4.90 Å². The van der Waals surface area contributed by atoms with Gasteiger partial charge in [-0.15, -0.1) is 0 Å². The van der Waals surface area contributed by atoms with Crippen LogP contribution in [0.25, 0.3) is 11.0 Å². The molecular formula is C24H29N3O. The maximum atomic E-state index is 12.8. The average molecular weight is 376 g/mol. The van der Waals surface area contributed by atoms with Gasteiger partial charge >= 0.3 is 0 Å². The fourth-order valence-electron chi connectivity index (χ4n) is 4.07. The monoisotopic (exact) mass is 375 g/mol. The number of carbonyl (C=O) groups excluding carboxylic acids is 1. The molecule has 0 saturated carbocycles. The Morgan fingerprint density at radius 2 is 1.86 bits per heavy atom. The molecule has 2 aromatic carbocycles. The Labute approximate surface area is 167 Å². The minimum Gasteiger partial charge on any atom is -0.328 e. The Morgan fingerprint density at radius 1 is 1.11 bits per heavy atom. The van der Waals surface area contributed by atoms with Gasteiger partial charge in [-0.3, -0.25) is 4.79 Å². The Hall–Kier alpha value is -2.62. The van der Waals surface area contributed by atoms with Crippen molar-refractivity contribution in [3.8, 4) is 0 Å². The summed E-state index contributed by atoms with van der Waals surface area (Å²) in [5.74, 6) is 2.02. The maximum Gasteiger partial charge on any atom is 0.227 e. The van der Waals surface area contributed by atoms with Crippen molar-refractivity contribution in [2.75, 3.05) is 11.4 Å². The molecule has 1 fully saturated rings. The topological polar surface area (TPSA) is 38.1 Å². The number of amides is 1. The van der Waals surface area contributed by atoms with Gasteiger partial charge < -0.3 is 9.47 Å². The fourth-order valence-corrected chi connectivity index (χ4v) is 4.07. The normalized spacial score (nSPS) is 17.2. The van der Waals surface area contributed by atoms with Crippen LogP contribution in [0.1, 0.15) is 50.9 Å². The van der Waals surface area contributed by atoms with E-state index in [1.807, 2.05) is 11.0 Å². The molecule has 0 spiro atoms. The lowest BCUT2D eigenvalue weighted by Crippen LogP contribution is -2.24. The van der Waals surface area contributed by atoms with Gasteiger partial charge in [0.1, 0.15) is 5.82 Å². The molecule has 0 N–H and O–H groups in total. The van der Waals surface area contributed by atoms with E-state index in [0.29, 0.717) is 18.9 Å². The Bertz CT molecular complexity index is 971. The third kappa shape index (κ3) is 3.56. The van der Waals surface area contributed by atoms with E-state index in [1.165, 1.54) is 11.1 Å². The number of rotatable bonds is 6. The SMILES string of the molecule is CCc1ccc(N2C[C@@H](c3nc4ccccc4n3CCC(C)C)CC2=O)cc1. The van der Waals surface area contributed by atoms with Gasteiger partial charge in [-0.25, -0.2) is 4.98 Å². The molecule has 0 radical (unpaired) electrons. The number of aryl methyl sites for hydroxylation is 2. The van der Waals surface area contributed by atoms with Gasteiger partial charge in [0.15, 0.2) is 0 Å². The van der Waals surface area contributed by atoms with Crippen molar-refractivity contribution >= 4 is 22.6 Å². The molecule has 0 unspecified atom stereocenters. The number of aromatic nitrogens is 2. The highest BCUT2D eigenvalue weighted by Crippen LogP contribution is 2.33. The predicted molar refractivity (Wildman–Crippen MR) is 115 cm³/mol. The summed E-state index contributed by atoms with van der Waals surface area (Å²) < 4.78 is 2.34. The first-order valence-electron chi connectivity index (χ1n) is 10.4. The van der Waals surface area contributed by atoms with E-state index < -0.39 is 0 Å². The van der Waals surface area contributed by atoms with Crippen LogP contribution in [0.4, 0.5) is 5.69 Å². The zero-order chi connectivity index (χ0) is 19.7. The van der Waals surface area contributed by atoms with E-state index in [0.717, 1.165) is 36.4 Å². The third-order valence-corrected chi connectivity index (χ3v) is 5.76. The number of nitrogens with zero attached hydrogens (tertiary/aromatic N) is 3. The molecule has 1 saturated heterocycles. The van der Waals surface area contributed by atoms with Gasteiger partial charge in [0.05, 0.1) is 11.0 Å². The highest BCUT2D eigenvalue weighted by molar-refractivity contribution is 5.96. The van der Waals surface area contributed by atoms with E-state index in [2.05, 4.69) is 67.8 Å². The van der Waals surface area contributed by atoms with E-state index in [4.69, 9.17) is 4.98 Å². The summed E-state index contributed by atoms with van der Waals surface area (Å²) in [4.78, 5) is 19.7. The summed E-state index contributed by atoms with van der Waals surface area (Å²) >= 11 is 0. The van der Waals surface area contributed by atoms with Crippen LogP contribution in [0.15, 0.2) is 48.5 Å². The van der Waals surface area contributed by atoms with Crippen molar-refractivity contribution < 1.29 is 4.79 Å². The fraction of sp³-hybridized carbons (Fsp3) is 0.417. The lowest BCUT2D eigenvalue weighted by molar-refractivity contribution is -0.117. The van der Waals surface area contributed by atoms with Crippen molar-refractivity contribution in [2.24, 2.45) is 5.92 Å². The number of benzene rings is 2. The first-order valence-corrected chi connectivity index (χ1v) is 10.4. The Morgan fingerprint density at radius 3 is 2.57 bits per heavy atom. The largest absolute Gasteiger partial charge is 0.328 e. The summed E-state index contributed by atoms with van der Waals surface area (Å²) in [6.45, 7) is 8.30. The van der Waals surface area contributed by atoms with Gasteiger partial charge in [0.2, 0.25) is 5.91 Å². The molecule has 146 valence electrons. The van der Waals surface area contributed by atoms with Gasteiger partial charge in [0, 0.05) is 31.1 Å². The number of imidazole rings is 1. The highest BCUT2D eigenvalue weighted by atomic mass is 16.2. The van der Waals surface area contributed by atoms with Crippen molar-refractivity contribution in [2.45, 2.75) is 52.5 Å². The van der Waals surface area contributed by atoms with Gasteiger partial charge in [-0.05, 0) is 48.6 Å². The van der Waals surface area contributed by atoms with Crippen LogP contribution in [-0.2, 0) is 17.8 Å². The Balaban J connectivity index is 1.64. The maximum absolute atomic E-state index is 12.8. The molecular weight excluding hydrogens is 346 g/mol. The highest BCUT2D eigenvalue weighted by Gasteiger charge is 2.34. The molecule has 1 aliphatic rings. The smallest absolute Gasteiger partial charge is 0.227 e. The molecule has 0 aliphatic carbocycles. The zero-order valence-corrected chi connectivity index (χ0v) is 17.1. The Kier molecular flexibility index (Phi) is 5.21. The summed E-state index contributed by atoms with van der Waals surface area (Å²) in [5, 5.41) is 0. The molecule has 2 heterocycles. The number of carbonyl (C=O) groups is 1. The van der Waals surface area contributed by atoms with E-state index >= 15 is 0 Å². The molecule has 3 aromatic rings. The molecule has 0 bridgehead atoms. The van der Waals surface area contributed by atoms with Gasteiger partial charge in [-0.1, -0.05) is 45.0 Å². The first-order chi connectivity index (χ1) is 13.6. The predicted octanol–water partition coefficient (Wildman–Crippen LogP) is 5.17. The van der Waals surface area contributed by atoms with Crippen molar-refractivity contribution in [3.63, 3.8) is 0 Å². The number of fused-ring (bicyclic) bond motifs is 1. The van der Waals surface area contributed by atoms with Gasteiger partial charge in [0.25, 0.3) is 0 Å². The molecule has 1 amide bonds. The number of hydrogen-bond acceptors (Lipinski definition) is 2. The van der Waals surface area contributed by atoms with Crippen LogP contribution in [-0.4, -0.2) is 22.0 Å². The number of para-hydroxylation sites is 2. The summed E-state index contributed by atoms with van der Waals surface area (Å²) in [6.07, 6.45) is 2.65. The first kappa shape index (κ1) is 18.7. The minimum atomic E-state index is 0.137.